The lowest BCUT2D eigenvalue weighted by molar-refractivity contribution is -0.384. The van der Waals surface area contributed by atoms with Crippen molar-refractivity contribution in [2.45, 2.75) is 5.92 Å². The average Bonchev–Trinajstić information content (AvgIpc) is 2.79. The number of aromatic amines is 1. The van der Waals surface area contributed by atoms with Gasteiger partial charge < -0.3 is 19.8 Å². The van der Waals surface area contributed by atoms with Crippen LogP contribution >= 0.6 is 11.6 Å². The zero-order valence-corrected chi connectivity index (χ0v) is 17.8. The van der Waals surface area contributed by atoms with E-state index in [0.717, 1.165) is 19.2 Å². The lowest BCUT2D eigenvalue weighted by atomic mass is 9.99. The van der Waals surface area contributed by atoms with Crippen molar-refractivity contribution in [3.05, 3.63) is 67.6 Å². The van der Waals surface area contributed by atoms with E-state index in [1.54, 1.807) is 0 Å². The van der Waals surface area contributed by atoms with Crippen LogP contribution in [0.3, 0.4) is 0 Å². The van der Waals surface area contributed by atoms with Gasteiger partial charge in [0.15, 0.2) is 5.92 Å². The van der Waals surface area contributed by atoms with Crippen molar-refractivity contribution in [3.63, 3.8) is 0 Å². The summed E-state index contributed by atoms with van der Waals surface area (Å²) in [6, 6.07) is 7.85. The van der Waals surface area contributed by atoms with E-state index in [1.807, 2.05) is 0 Å². The van der Waals surface area contributed by atoms with E-state index in [9.17, 15) is 29.3 Å². The van der Waals surface area contributed by atoms with Gasteiger partial charge in [-0.3, -0.25) is 29.3 Å². The van der Waals surface area contributed by atoms with Gasteiger partial charge in [0.2, 0.25) is 5.78 Å². The fourth-order valence-corrected chi connectivity index (χ4v) is 3.11. The molecule has 0 aliphatic carbocycles. The average molecular weight is 475 g/mol. The smallest absolute Gasteiger partial charge is 0.323 e. The Labute approximate surface area is 189 Å². The zero-order chi connectivity index (χ0) is 24.3. The van der Waals surface area contributed by atoms with E-state index >= 15 is 0 Å². The third kappa shape index (κ3) is 4.80. The number of benzene rings is 2. The highest BCUT2D eigenvalue weighted by Gasteiger charge is 2.38. The Balaban J connectivity index is 2.01. The van der Waals surface area contributed by atoms with E-state index in [-0.39, 0.29) is 22.5 Å². The highest BCUT2D eigenvalue weighted by Crippen LogP contribution is 2.29. The predicted octanol–water partition coefficient (Wildman–Crippen LogP) is 1.96. The molecule has 33 heavy (non-hydrogen) atoms. The standard InChI is InChI=1S/C20H15ClN4O8/c1-32-10-4-6-12(14(8-10)25(30)31)23-19(28)17(26)15(20(29)33-2)16-18(27)24-13-7-9(21)3-5-11(13)22-16/h3-8,15H,1-2H3,(H,23,28)(H,24,27)/t15-/m1/s1. The van der Waals surface area contributed by atoms with Crippen molar-refractivity contribution in [2.75, 3.05) is 19.5 Å². The molecule has 3 rings (SSSR count). The summed E-state index contributed by atoms with van der Waals surface area (Å²) in [7, 11) is 2.26. The molecule has 170 valence electrons. The fraction of sp³-hybridized carbons (Fsp3) is 0.150. The van der Waals surface area contributed by atoms with Gasteiger partial charge >= 0.3 is 5.97 Å². The summed E-state index contributed by atoms with van der Waals surface area (Å²) in [5, 5.41) is 13.7. The number of nitro benzene ring substituents is 1. The van der Waals surface area contributed by atoms with Crippen LogP contribution in [-0.2, 0) is 19.1 Å². The largest absolute Gasteiger partial charge is 0.496 e. The minimum absolute atomic E-state index is 0.144. The minimum atomic E-state index is -2.02. The number of H-pyrrole nitrogens is 1. The number of carbonyl (C=O) groups excluding carboxylic acids is 3. The maximum Gasteiger partial charge on any atom is 0.323 e. The van der Waals surface area contributed by atoms with Crippen LogP contribution in [0.4, 0.5) is 11.4 Å². The van der Waals surface area contributed by atoms with Gasteiger partial charge in [-0.25, -0.2) is 4.98 Å². The van der Waals surface area contributed by atoms with Crippen LogP contribution in [-0.4, -0.2) is 46.8 Å². The molecular formula is C20H15ClN4O8. The number of esters is 1. The van der Waals surface area contributed by atoms with Crippen LogP contribution in [0.2, 0.25) is 5.02 Å². The molecule has 2 aromatic carbocycles. The van der Waals surface area contributed by atoms with Gasteiger partial charge in [-0.2, -0.15) is 0 Å². The second-order valence-corrected chi connectivity index (χ2v) is 6.96. The maximum atomic E-state index is 12.9. The van der Waals surface area contributed by atoms with Crippen LogP contribution in [0.15, 0.2) is 41.2 Å². The van der Waals surface area contributed by atoms with Gasteiger partial charge in [0.05, 0.1) is 36.2 Å². The van der Waals surface area contributed by atoms with Crippen LogP contribution in [0.1, 0.15) is 11.6 Å². The van der Waals surface area contributed by atoms with Crippen molar-refractivity contribution in [1.29, 1.82) is 0 Å². The number of halogens is 1. The SMILES string of the molecule is COC(=O)[C@@H](C(=O)C(=O)Nc1ccc(OC)cc1[N+](=O)[O-])c1nc2ccc(Cl)cc2[nH]c1=O. The molecule has 1 heterocycles. The second kappa shape index (κ2) is 9.44. The Morgan fingerprint density at radius 2 is 1.91 bits per heavy atom. The molecule has 12 nitrogen and oxygen atoms in total. The first-order valence-electron chi connectivity index (χ1n) is 9.11. The number of fused-ring (bicyclic) bond motifs is 1. The van der Waals surface area contributed by atoms with Gasteiger partial charge in [0.25, 0.3) is 17.2 Å². The molecule has 2 N–H and O–H groups in total. The molecular weight excluding hydrogens is 460 g/mol. The zero-order valence-electron chi connectivity index (χ0n) is 17.1. The van der Waals surface area contributed by atoms with E-state index < -0.39 is 45.4 Å². The third-order valence-electron chi connectivity index (χ3n) is 4.53. The minimum Gasteiger partial charge on any atom is -0.496 e. The second-order valence-electron chi connectivity index (χ2n) is 6.53. The molecule has 0 radical (unpaired) electrons. The third-order valence-corrected chi connectivity index (χ3v) is 4.76. The normalized spacial score (nSPS) is 11.5. The van der Waals surface area contributed by atoms with E-state index in [2.05, 4.69) is 20.0 Å². The number of carbonyl (C=O) groups is 3. The van der Waals surface area contributed by atoms with Crippen molar-refractivity contribution >= 4 is 51.7 Å². The Hall–Kier alpha value is -4.32. The first-order chi connectivity index (χ1) is 15.7. The summed E-state index contributed by atoms with van der Waals surface area (Å²) in [4.78, 5) is 67.4. The molecule has 1 aromatic heterocycles. The number of nitrogens with zero attached hydrogens (tertiary/aromatic N) is 2. The number of ketones is 1. The Kier molecular flexibility index (Phi) is 6.68. The van der Waals surface area contributed by atoms with Crippen molar-refractivity contribution in [2.24, 2.45) is 0 Å². The molecule has 0 aliphatic rings. The fourth-order valence-electron chi connectivity index (χ4n) is 2.94. The molecule has 1 atom stereocenters. The first-order valence-corrected chi connectivity index (χ1v) is 9.49. The maximum absolute atomic E-state index is 12.9. The number of hydrogen-bond acceptors (Lipinski definition) is 9. The molecule has 0 spiro atoms. The van der Waals surface area contributed by atoms with Crippen molar-refractivity contribution < 1.29 is 28.8 Å². The summed E-state index contributed by atoms with van der Waals surface area (Å²) < 4.78 is 9.50. The van der Waals surface area contributed by atoms with Crippen LogP contribution < -0.4 is 15.6 Å². The van der Waals surface area contributed by atoms with Gasteiger partial charge in [-0.05, 0) is 30.3 Å². The quantitative estimate of drug-likeness (QED) is 0.171. The van der Waals surface area contributed by atoms with E-state index in [0.29, 0.717) is 5.02 Å². The molecule has 0 saturated heterocycles. The van der Waals surface area contributed by atoms with Crippen LogP contribution in [0, 0.1) is 10.1 Å². The molecule has 0 fully saturated rings. The Morgan fingerprint density at radius 1 is 1.18 bits per heavy atom. The molecule has 1 amide bonds. The number of nitrogens with one attached hydrogen (secondary N) is 2. The molecule has 0 bridgehead atoms. The van der Waals surface area contributed by atoms with Gasteiger partial charge in [0.1, 0.15) is 17.1 Å². The van der Waals surface area contributed by atoms with Gasteiger partial charge in [-0.15, -0.1) is 0 Å². The number of methoxy groups -OCH3 is 2. The van der Waals surface area contributed by atoms with Gasteiger partial charge in [0, 0.05) is 5.02 Å². The Morgan fingerprint density at radius 3 is 2.55 bits per heavy atom. The number of aromatic nitrogens is 2. The monoisotopic (exact) mass is 474 g/mol. The molecule has 13 heteroatoms. The Bertz CT molecular complexity index is 1350. The first kappa shape index (κ1) is 23.3. The summed E-state index contributed by atoms with van der Waals surface area (Å²) >= 11 is 5.88. The lowest BCUT2D eigenvalue weighted by Gasteiger charge is -2.13. The molecule has 3 aromatic rings. The summed E-state index contributed by atoms with van der Waals surface area (Å²) in [5.74, 6) is -5.89. The number of nitro groups is 1. The number of ether oxygens (including phenoxy) is 2. The highest BCUT2D eigenvalue weighted by molar-refractivity contribution is 6.45. The predicted molar refractivity (Wildman–Crippen MR) is 115 cm³/mol. The number of anilines is 1. The molecule has 0 saturated carbocycles. The number of rotatable bonds is 7. The summed E-state index contributed by atoms with van der Waals surface area (Å²) in [5.41, 5.74) is -1.94. The summed E-state index contributed by atoms with van der Waals surface area (Å²) in [6.45, 7) is 0. The van der Waals surface area contributed by atoms with Crippen LogP contribution in [0.5, 0.6) is 5.75 Å². The lowest BCUT2D eigenvalue weighted by Crippen LogP contribution is -2.37. The molecule has 0 unspecified atom stereocenters. The van der Waals surface area contributed by atoms with Gasteiger partial charge in [-0.1, -0.05) is 11.6 Å². The van der Waals surface area contributed by atoms with E-state index in [4.69, 9.17) is 16.3 Å². The highest BCUT2D eigenvalue weighted by atomic mass is 35.5. The topological polar surface area (TPSA) is 171 Å². The molecule has 0 aliphatic heterocycles. The van der Waals surface area contributed by atoms with Crippen molar-refractivity contribution in [3.8, 4) is 5.75 Å². The van der Waals surface area contributed by atoms with Crippen LogP contribution in [0.25, 0.3) is 11.0 Å². The summed E-state index contributed by atoms with van der Waals surface area (Å²) in [6.07, 6.45) is 0. The number of Topliss-reactive ketones (excluding diaryl/α,β-unsaturated/α-hetero) is 1. The van der Waals surface area contributed by atoms with E-state index in [1.165, 1.54) is 31.4 Å². The number of hydrogen-bond donors (Lipinski definition) is 2. The number of amides is 1. The van der Waals surface area contributed by atoms with Crippen molar-refractivity contribution in [1.82, 2.24) is 9.97 Å².